The molecule has 1 aromatic rings. The van der Waals surface area contributed by atoms with Gasteiger partial charge in [0.25, 0.3) is 0 Å². The highest BCUT2D eigenvalue weighted by Gasteiger charge is 2.16. The van der Waals surface area contributed by atoms with Gasteiger partial charge in [0, 0.05) is 6.04 Å². The lowest BCUT2D eigenvalue weighted by molar-refractivity contribution is 0.798. The average molecular weight is 175 g/mol. The molecule has 0 aromatic heterocycles. The second-order valence-electron chi connectivity index (χ2n) is 4.13. The molecule has 0 heterocycles. The summed E-state index contributed by atoms with van der Waals surface area (Å²) in [5.41, 5.74) is 11.7. The van der Waals surface area contributed by atoms with E-state index in [2.05, 4.69) is 26.0 Å². The van der Waals surface area contributed by atoms with Crippen LogP contribution in [0.3, 0.4) is 0 Å². The predicted octanol–water partition coefficient (Wildman–Crippen LogP) is 2.50. The summed E-state index contributed by atoms with van der Waals surface area (Å²) < 4.78 is 0. The van der Waals surface area contributed by atoms with Crippen LogP contribution >= 0.6 is 0 Å². The standard InChI is InChI=1S/C12H17N/c1-8-6-10-4-3-5-11(10)12(7-8)9(2)13/h6-7,9H,3-5,13H2,1-2H3/t9-/m0/s1. The van der Waals surface area contributed by atoms with Crippen molar-refractivity contribution in [3.8, 4) is 0 Å². The molecule has 0 radical (unpaired) electrons. The van der Waals surface area contributed by atoms with E-state index in [-0.39, 0.29) is 6.04 Å². The third-order valence-electron chi connectivity index (χ3n) is 2.88. The van der Waals surface area contributed by atoms with Crippen LogP contribution in [0.4, 0.5) is 0 Å². The van der Waals surface area contributed by atoms with Crippen LogP contribution < -0.4 is 5.73 Å². The van der Waals surface area contributed by atoms with Gasteiger partial charge in [-0.05, 0) is 49.8 Å². The minimum atomic E-state index is 0.187. The van der Waals surface area contributed by atoms with E-state index in [1.807, 2.05) is 0 Å². The fourth-order valence-corrected chi connectivity index (χ4v) is 2.31. The van der Waals surface area contributed by atoms with Gasteiger partial charge in [-0.15, -0.1) is 0 Å². The molecule has 70 valence electrons. The highest BCUT2D eigenvalue weighted by molar-refractivity contribution is 5.43. The Morgan fingerprint density at radius 1 is 1.31 bits per heavy atom. The lowest BCUT2D eigenvalue weighted by atomic mass is 9.96. The first-order valence-electron chi connectivity index (χ1n) is 5.06. The van der Waals surface area contributed by atoms with Crippen molar-refractivity contribution in [1.82, 2.24) is 0 Å². The molecule has 0 saturated heterocycles. The SMILES string of the molecule is Cc1cc2c(c([C@H](C)N)c1)CCC2. The van der Waals surface area contributed by atoms with Crippen molar-refractivity contribution >= 4 is 0 Å². The molecule has 1 heteroatoms. The number of hydrogen-bond acceptors (Lipinski definition) is 1. The molecule has 1 aromatic carbocycles. The first kappa shape index (κ1) is 8.76. The normalized spacial score (nSPS) is 17.2. The van der Waals surface area contributed by atoms with E-state index in [9.17, 15) is 0 Å². The van der Waals surface area contributed by atoms with Crippen LogP contribution in [0, 0.1) is 6.92 Å². The summed E-state index contributed by atoms with van der Waals surface area (Å²) in [5, 5.41) is 0. The van der Waals surface area contributed by atoms with Crippen molar-refractivity contribution in [1.29, 1.82) is 0 Å². The lowest BCUT2D eigenvalue weighted by Crippen LogP contribution is -2.08. The average Bonchev–Trinajstić information content (AvgIpc) is 2.49. The summed E-state index contributed by atoms with van der Waals surface area (Å²) >= 11 is 0. The molecular formula is C12H17N. The van der Waals surface area contributed by atoms with Crippen LogP contribution in [0.5, 0.6) is 0 Å². The predicted molar refractivity (Wildman–Crippen MR) is 55.8 cm³/mol. The summed E-state index contributed by atoms with van der Waals surface area (Å²) in [6.45, 7) is 4.23. The molecule has 0 spiro atoms. The second kappa shape index (κ2) is 3.15. The molecular weight excluding hydrogens is 158 g/mol. The van der Waals surface area contributed by atoms with Gasteiger partial charge in [-0.1, -0.05) is 17.7 Å². The summed E-state index contributed by atoms with van der Waals surface area (Å²) in [6, 6.07) is 4.75. The Balaban J connectivity index is 2.55. The van der Waals surface area contributed by atoms with Crippen LogP contribution in [0.25, 0.3) is 0 Å². The molecule has 0 aliphatic heterocycles. The second-order valence-corrected chi connectivity index (χ2v) is 4.13. The highest BCUT2D eigenvalue weighted by Crippen LogP contribution is 2.29. The summed E-state index contributed by atoms with van der Waals surface area (Å²) in [7, 11) is 0. The van der Waals surface area contributed by atoms with Crippen LogP contribution in [-0.4, -0.2) is 0 Å². The monoisotopic (exact) mass is 175 g/mol. The maximum Gasteiger partial charge on any atom is 0.0269 e. The van der Waals surface area contributed by atoms with Crippen molar-refractivity contribution in [3.05, 3.63) is 34.4 Å². The maximum atomic E-state index is 5.96. The zero-order valence-corrected chi connectivity index (χ0v) is 8.43. The van der Waals surface area contributed by atoms with Crippen LogP contribution in [0.1, 0.15) is 41.6 Å². The smallest absolute Gasteiger partial charge is 0.0269 e. The van der Waals surface area contributed by atoms with Crippen LogP contribution in [0.15, 0.2) is 12.1 Å². The Bertz CT molecular complexity index is 326. The van der Waals surface area contributed by atoms with E-state index in [1.54, 1.807) is 0 Å². The van der Waals surface area contributed by atoms with E-state index in [4.69, 9.17) is 5.73 Å². The van der Waals surface area contributed by atoms with Gasteiger partial charge in [-0.2, -0.15) is 0 Å². The van der Waals surface area contributed by atoms with Gasteiger partial charge in [0.1, 0.15) is 0 Å². The van der Waals surface area contributed by atoms with Crippen LogP contribution in [0.2, 0.25) is 0 Å². The molecule has 2 rings (SSSR count). The number of rotatable bonds is 1. The fourth-order valence-electron chi connectivity index (χ4n) is 2.31. The Morgan fingerprint density at radius 2 is 2.08 bits per heavy atom. The van der Waals surface area contributed by atoms with Crippen molar-refractivity contribution in [2.24, 2.45) is 5.73 Å². The molecule has 2 N–H and O–H groups in total. The van der Waals surface area contributed by atoms with Gasteiger partial charge < -0.3 is 5.73 Å². The van der Waals surface area contributed by atoms with Gasteiger partial charge in [-0.25, -0.2) is 0 Å². The van der Waals surface area contributed by atoms with E-state index < -0.39 is 0 Å². The van der Waals surface area contributed by atoms with Gasteiger partial charge >= 0.3 is 0 Å². The van der Waals surface area contributed by atoms with Gasteiger partial charge in [0.15, 0.2) is 0 Å². The quantitative estimate of drug-likeness (QED) is 0.697. The molecule has 0 bridgehead atoms. The Labute approximate surface area is 80.0 Å². The van der Waals surface area contributed by atoms with Gasteiger partial charge in [0.2, 0.25) is 0 Å². The number of hydrogen-bond donors (Lipinski definition) is 1. The molecule has 0 amide bonds. The van der Waals surface area contributed by atoms with Crippen molar-refractivity contribution < 1.29 is 0 Å². The molecule has 1 nitrogen and oxygen atoms in total. The zero-order valence-electron chi connectivity index (χ0n) is 8.43. The van der Waals surface area contributed by atoms with E-state index in [1.165, 1.54) is 41.5 Å². The number of aryl methyl sites for hydroxylation is 2. The van der Waals surface area contributed by atoms with E-state index >= 15 is 0 Å². The molecule has 1 aliphatic carbocycles. The van der Waals surface area contributed by atoms with Gasteiger partial charge in [0.05, 0.1) is 0 Å². The maximum absolute atomic E-state index is 5.96. The van der Waals surface area contributed by atoms with E-state index in [0.29, 0.717) is 0 Å². The minimum Gasteiger partial charge on any atom is -0.324 e. The zero-order chi connectivity index (χ0) is 9.42. The van der Waals surface area contributed by atoms with Gasteiger partial charge in [-0.3, -0.25) is 0 Å². The molecule has 1 aliphatic rings. The summed E-state index contributed by atoms with van der Waals surface area (Å²) in [4.78, 5) is 0. The molecule has 13 heavy (non-hydrogen) atoms. The summed E-state index contributed by atoms with van der Waals surface area (Å²) in [6.07, 6.45) is 3.78. The first-order valence-corrected chi connectivity index (χ1v) is 5.06. The molecule has 0 fully saturated rings. The minimum absolute atomic E-state index is 0.187. The van der Waals surface area contributed by atoms with Crippen molar-refractivity contribution in [2.75, 3.05) is 0 Å². The third kappa shape index (κ3) is 1.49. The Kier molecular flexibility index (Phi) is 2.12. The number of benzene rings is 1. The van der Waals surface area contributed by atoms with E-state index in [0.717, 1.165) is 0 Å². The largest absolute Gasteiger partial charge is 0.324 e. The van der Waals surface area contributed by atoms with Crippen molar-refractivity contribution in [2.45, 2.75) is 39.2 Å². The first-order chi connectivity index (χ1) is 6.18. The number of nitrogens with two attached hydrogens (primary N) is 1. The molecule has 0 saturated carbocycles. The van der Waals surface area contributed by atoms with Crippen LogP contribution in [-0.2, 0) is 12.8 Å². The third-order valence-corrected chi connectivity index (χ3v) is 2.88. The van der Waals surface area contributed by atoms with Crippen molar-refractivity contribution in [3.63, 3.8) is 0 Å². The lowest BCUT2D eigenvalue weighted by Gasteiger charge is -2.13. The highest BCUT2D eigenvalue weighted by atomic mass is 14.6. The summed E-state index contributed by atoms with van der Waals surface area (Å²) in [5.74, 6) is 0. The topological polar surface area (TPSA) is 26.0 Å². The molecule has 1 atom stereocenters. The fraction of sp³-hybridized carbons (Fsp3) is 0.500. The molecule has 0 unspecified atom stereocenters. The number of fused-ring (bicyclic) bond motifs is 1. The Morgan fingerprint density at radius 3 is 2.77 bits per heavy atom. The Hall–Kier alpha value is -0.820.